The minimum absolute atomic E-state index is 0. The summed E-state index contributed by atoms with van der Waals surface area (Å²) in [6.07, 6.45) is 0.890. The average molecular weight is 476 g/mol. The highest BCUT2D eigenvalue weighted by molar-refractivity contribution is 14.0. The first-order valence-electron chi connectivity index (χ1n) is 6.86. The third-order valence-corrected chi connectivity index (χ3v) is 6.21. The van der Waals surface area contributed by atoms with Gasteiger partial charge in [-0.05, 0) is 18.6 Å². The summed E-state index contributed by atoms with van der Waals surface area (Å²) in [5.41, 5.74) is 0. The molecule has 0 amide bonds. The second-order valence-corrected chi connectivity index (χ2v) is 8.25. The molecule has 1 aromatic heterocycles. The van der Waals surface area contributed by atoms with Crippen LogP contribution in [-0.2, 0) is 21.3 Å². The SMILES string of the molecule is CN=C(NCCCOC)NCc1ccc(S(=O)(=O)N(C)C)s1.I. The molecule has 0 aliphatic heterocycles. The van der Waals surface area contributed by atoms with Crippen LogP contribution in [0.1, 0.15) is 11.3 Å². The maximum atomic E-state index is 12.0. The fourth-order valence-corrected chi connectivity index (χ4v) is 4.05. The number of aliphatic imine (C=N–C) groups is 1. The lowest BCUT2D eigenvalue weighted by Gasteiger charge is -2.11. The summed E-state index contributed by atoms with van der Waals surface area (Å²) < 4.78 is 30.6. The Morgan fingerprint density at radius 3 is 2.61 bits per heavy atom. The molecule has 0 saturated heterocycles. The number of hydrogen-bond donors (Lipinski definition) is 2. The van der Waals surface area contributed by atoms with E-state index >= 15 is 0 Å². The van der Waals surface area contributed by atoms with Crippen molar-refractivity contribution in [2.75, 3.05) is 41.4 Å². The van der Waals surface area contributed by atoms with Crippen LogP contribution in [0.2, 0.25) is 0 Å². The Morgan fingerprint density at radius 2 is 2.04 bits per heavy atom. The molecule has 0 atom stereocenters. The Balaban J connectivity index is 0.00000484. The second kappa shape index (κ2) is 11.2. The van der Waals surface area contributed by atoms with Gasteiger partial charge in [-0.1, -0.05) is 0 Å². The summed E-state index contributed by atoms with van der Waals surface area (Å²) in [5, 5.41) is 6.32. The Hall–Kier alpha value is -0.430. The number of thiophene rings is 1. The lowest BCUT2D eigenvalue weighted by Crippen LogP contribution is -2.37. The van der Waals surface area contributed by atoms with Crippen molar-refractivity contribution in [3.8, 4) is 0 Å². The molecule has 1 heterocycles. The zero-order chi connectivity index (χ0) is 16.6. The minimum Gasteiger partial charge on any atom is -0.385 e. The van der Waals surface area contributed by atoms with Crippen molar-refractivity contribution in [1.82, 2.24) is 14.9 Å². The van der Waals surface area contributed by atoms with Crippen LogP contribution >= 0.6 is 35.3 Å². The molecular formula is C13H25IN4O3S2. The lowest BCUT2D eigenvalue weighted by molar-refractivity contribution is 0.195. The van der Waals surface area contributed by atoms with Crippen molar-refractivity contribution in [3.63, 3.8) is 0 Å². The van der Waals surface area contributed by atoms with E-state index in [1.807, 2.05) is 6.07 Å². The molecule has 0 bridgehead atoms. The van der Waals surface area contributed by atoms with E-state index < -0.39 is 10.0 Å². The molecule has 7 nitrogen and oxygen atoms in total. The van der Waals surface area contributed by atoms with Gasteiger partial charge >= 0.3 is 0 Å². The maximum absolute atomic E-state index is 12.0. The summed E-state index contributed by atoms with van der Waals surface area (Å²) in [6.45, 7) is 1.98. The maximum Gasteiger partial charge on any atom is 0.252 e. The Kier molecular flexibility index (Phi) is 11.0. The highest BCUT2D eigenvalue weighted by Crippen LogP contribution is 2.23. The minimum atomic E-state index is -3.36. The zero-order valence-electron chi connectivity index (χ0n) is 13.8. The average Bonchev–Trinajstić information content (AvgIpc) is 2.96. The molecule has 23 heavy (non-hydrogen) atoms. The standard InChI is InChI=1S/C13H24N4O3S2.HI/c1-14-13(15-8-5-9-20-4)16-10-11-6-7-12(21-11)22(18,19)17(2)3;/h6-7H,5,8-10H2,1-4H3,(H2,14,15,16);1H. The fraction of sp³-hybridized carbons (Fsp3) is 0.615. The molecule has 0 unspecified atom stereocenters. The van der Waals surface area contributed by atoms with E-state index in [1.54, 1.807) is 20.2 Å². The predicted octanol–water partition coefficient (Wildman–Crippen LogP) is 1.32. The van der Waals surface area contributed by atoms with Crippen LogP contribution in [0.25, 0.3) is 0 Å². The van der Waals surface area contributed by atoms with E-state index in [9.17, 15) is 8.42 Å². The van der Waals surface area contributed by atoms with Gasteiger partial charge in [0.15, 0.2) is 5.96 Å². The number of methoxy groups -OCH3 is 1. The van der Waals surface area contributed by atoms with Crippen LogP contribution in [0, 0.1) is 0 Å². The van der Waals surface area contributed by atoms with E-state index in [0.717, 1.165) is 17.8 Å². The third kappa shape index (κ3) is 7.33. The smallest absolute Gasteiger partial charge is 0.252 e. The Bertz CT molecular complexity index is 588. The van der Waals surface area contributed by atoms with Gasteiger partial charge in [-0.2, -0.15) is 0 Å². The van der Waals surface area contributed by atoms with Crippen molar-refractivity contribution in [3.05, 3.63) is 17.0 Å². The molecule has 0 fully saturated rings. The summed E-state index contributed by atoms with van der Waals surface area (Å²) in [5.74, 6) is 0.682. The number of guanidine groups is 1. The first-order valence-corrected chi connectivity index (χ1v) is 9.12. The van der Waals surface area contributed by atoms with Crippen molar-refractivity contribution in [2.45, 2.75) is 17.2 Å². The highest BCUT2D eigenvalue weighted by Gasteiger charge is 2.19. The molecule has 0 spiro atoms. The molecule has 0 aliphatic carbocycles. The monoisotopic (exact) mass is 476 g/mol. The molecule has 2 N–H and O–H groups in total. The molecule has 1 rings (SSSR count). The van der Waals surface area contributed by atoms with Crippen LogP contribution < -0.4 is 10.6 Å². The molecule has 0 aromatic carbocycles. The van der Waals surface area contributed by atoms with Gasteiger partial charge in [0, 0.05) is 46.3 Å². The zero-order valence-corrected chi connectivity index (χ0v) is 17.8. The molecule has 0 saturated carbocycles. The van der Waals surface area contributed by atoms with E-state index in [-0.39, 0.29) is 24.0 Å². The van der Waals surface area contributed by atoms with Gasteiger partial charge < -0.3 is 15.4 Å². The summed E-state index contributed by atoms with van der Waals surface area (Å²) in [6, 6.07) is 3.44. The van der Waals surface area contributed by atoms with Gasteiger partial charge in [0.1, 0.15) is 4.21 Å². The molecule has 134 valence electrons. The first-order chi connectivity index (χ1) is 10.4. The van der Waals surface area contributed by atoms with Crippen LogP contribution in [0.15, 0.2) is 21.3 Å². The quantitative estimate of drug-likeness (QED) is 0.256. The third-order valence-electron chi connectivity index (χ3n) is 2.84. The number of nitrogens with zero attached hydrogens (tertiary/aromatic N) is 2. The van der Waals surface area contributed by atoms with Gasteiger partial charge in [-0.15, -0.1) is 35.3 Å². The molecule has 0 radical (unpaired) electrons. The molecule has 0 aliphatic rings. The van der Waals surface area contributed by atoms with Crippen LogP contribution in [-0.4, -0.2) is 60.1 Å². The Labute approximate surface area is 159 Å². The Morgan fingerprint density at radius 1 is 1.35 bits per heavy atom. The number of rotatable bonds is 8. The van der Waals surface area contributed by atoms with Gasteiger partial charge in [0.05, 0.1) is 6.54 Å². The normalized spacial score (nSPS) is 12.1. The van der Waals surface area contributed by atoms with Crippen LogP contribution in [0.4, 0.5) is 0 Å². The van der Waals surface area contributed by atoms with Gasteiger partial charge in [-0.3, -0.25) is 4.99 Å². The van der Waals surface area contributed by atoms with Gasteiger partial charge in [-0.25, -0.2) is 12.7 Å². The first kappa shape index (κ1) is 22.6. The van der Waals surface area contributed by atoms with Crippen LogP contribution in [0.5, 0.6) is 0 Å². The van der Waals surface area contributed by atoms with E-state index in [2.05, 4.69) is 15.6 Å². The molecular weight excluding hydrogens is 451 g/mol. The van der Waals surface area contributed by atoms with Crippen molar-refractivity contribution in [2.24, 2.45) is 4.99 Å². The van der Waals surface area contributed by atoms with Crippen molar-refractivity contribution in [1.29, 1.82) is 0 Å². The number of ether oxygens (including phenoxy) is 1. The largest absolute Gasteiger partial charge is 0.385 e. The van der Waals surface area contributed by atoms with Crippen molar-refractivity contribution < 1.29 is 13.2 Å². The molecule has 10 heteroatoms. The number of hydrogen-bond acceptors (Lipinski definition) is 5. The number of halogens is 1. The van der Waals surface area contributed by atoms with Crippen LogP contribution in [0.3, 0.4) is 0 Å². The van der Waals surface area contributed by atoms with Gasteiger partial charge in [0.2, 0.25) is 0 Å². The highest BCUT2D eigenvalue weighted by atomic mass is 127. The van der Waals surface area contributed by atoms with E-state index in [4.69, 9.17) is 4.74 Å². The topological polar surface area (TPSA) is 83.0 Å². The fourth-order valence-electron chi connectivity index (χ4n) is 1.59. The molecule has 1 aromatic rings. The number of nitrogens with one attached hydrogen (secondary N) is 2. The van der Waals surface area contributed by atoms with Crippen molar-refractivity contribution >= 4 is 51.3 Å². The summed E-state index contributed by atoms with van der Waals surface area (Å²) in [4.78, 5) is 5.05. The predicted molar refractivity (Wildman–Crippen MR) is 105 cm³/mol. The lowest BCUT2D eigenvalue weighted by atomic mass is 10.4. The summed E-state index contributed by atoms with van der Waals surface area (Å²) >= 11 is 1.26. The van der Waals surface area contributed by atoms with Gasteiger partial charge in [0.25, 0.3) is 10.0 Å². The van der Waals surface area contributed by atoms with E-state index in [1.165, 1.54) is 29.7 Å². The van der Waals surface area contributed by atoms with E-state index in [0.29, 0.717) is 23.3 Å². The second-order valence-electron chi connectivity index (χ2n) is 4.71. The summed E-state index contributed by atoms with van der Waals surface area (Å²) in [7, 11) is 3.06. The number of sulfonamides is 1.